The van der Waals surface area contributed by atoms with E-state index < -0.39 is 0 Å². The number of carbonyl (C=O) groups is 1. The largest absolute Gasteiger partial charge is 0.376 e. The molecular weight excluding hydrogens is 394 g/mol. The Morgan fingerprint density at radius 2 is 2.14 bits per heavy atom. The van der Waals surface area contributed by atoms with Crippen LogP contribution in [0, 0.1) is 13.8 Å². The van der Waals surface area contributed by atoms with Crippen molar-refractivity contribution in [3.63, 3.8) is 0 Å². The summed E-state index contributed by atoms with van der Waals surface area (Å²) < 4.78 is 8.09. The first kappa shape index (κ1) is 19.2. The summed E-state index contributed by atoms with van der Waals surface area (Å²) in [4.78, 5) is 17.0. The van der Waals surface area contributed by atoms with Crippen molar-refractivity contribution in [2.75, 3.05) is 11.9 Å². The molecule has 0 aliphatic carbocycles. The molecule has 0 unspecified atom stereocenters. The highest BCUT2D eigenvalue weighted by Crippen LogP contribution is 2.31. The maximum absolute atomic E-state index is 12.4. The number of aromatic nitrogens is 2. The minimum atomic E-state index is -0.193. The zero-order valence-electron chi connectivity index (χ0n) is 15.9. The van der Waals surface area contributed by atoms with Crippen LogP contribution in [0.5, 0.6) is 0 Å². The molecule has 7 heteroatoms. The fraction of sp³-hybridized carbons (Fsp3) is 0.333. The van der Waals surface area contributed by atoms with Crippen LogP contribution in [-0.4, -0.2) is 28.2 Å². The van der Waals surface area contributed by atoms with Gasteiger partial charge in [0.05, 0.1) is 11.8 Å². The summed E-state index contributed by atoms with van der Waals surface area (Å²) in [7, 11) is 0. The molecule has 3 aromatic rings. The fourth-order valence-electron chi connectivity index (χ4n) is 3.56. The van der Waals surface area contributed by atoms with Gasteiger partial charge in [-0.15, -0.1) is 11.3 Å². The molecule has 1 N–H and O–H groups in total. The number of carbonyl (C=O) groups excluding carboxylic acids is 1. The first-order valence-electron chi connectivity index (χ1n) is 9.32. The number of rotatable bonds is 5. The van der Waals surface area contributed by atoms with E-state index in [1.54, 1.807) is 24.3 Å². The van der Waals surface area contributed by atoms with E-state index in [1.807, 2.05) is 5.38 Å². The van der Waals surface area contributed by atoms with E-state index in [1.165, 1.54) is 22.7 Å². The number of halogens is 1. The number of benzene rings is 1. The van der Waals surface area contributed by atoms with E-state index in [0.29, 0.717) is 21.8 Å². The molecule has 1 aliphatic rings. The average molecular weight is 416 g/mol. The number of amides is 1. The molecule has 0 bridgehead atoms. The predicted molar refractivity (Wildman–Crippen MR) is 113 cm³/mol. The van der Waals surface area contributed by atoms with Crippen molar-refractivity contribution >= 4 is 34.0 Å². The standard InChI is InChI=1S/C21H22ClN3O2S/c1-13-10-18(14(2)25(13)11-17-4-3-9-27-17)19-12-28-21(23-19)24-20(26)15-5-7-16(22)8-6-15/h5-8,10,12,17H,3-4,9,11H2,1-2H3,(H,23,24,26)/t17-/m0/s1. The summed E-state index contributed by atoms with van der Waals surface area (Å²) in [6.07, 6.45) is 2.55. The van der Waals surface area contributed by atoms with E-state index >= 15 is 0 Å². The molecule has 1 fully saturated rings. The smallest absolute Gasteiger partial charge is 0.257 e. The second kappa shape index (κ2) is 8.07. The number of nitrogens with one attached hydrogen (secondary N) is 1. The van der Waals surface area contributed by atoms with Crippen molar-refractivity contribution in [1.82, 2.24) is 9.55 Å². The van der Waals surface area contributed by atoms with Gasteiger partial charge in [0.2, 0.25) is 0 Å². The number of thiazole rings is 1. The summed E-state index contributed by atoms with van der Waals surface area (Å²) in [6, 6.07) is 8.96. The number of nitrogens with zero attached hydrogens (tertiary/aromatic N) is 2. The second-order valence-corrected chi connectivity index (χ2v) is 8.32. The van der Waals surface area contributed by atoms with Crippen LogP contribution in [0.1, 0.15) is 34.6 Å². The van der Waals surface area contributed by atoms with Crippen LogP contribution in [0.25, 0.3) is 11.3 Å². The van der Waals surface area contributed by atoms with Gasteiger partial charge in [-0.2, -0.15) is 0 Å². The number of ether oxygens (including phenoxy) is 1. The maximum atomic E-state index is 12.4. The van der Waals surface area contributed by atoms with Crippen molar-refractivity contribution in [2.45, 2.75) is 39.3 Å². The van der Waals surface area contributed by atoms with Crippen molar-refractivity contribution in [1.29, 1.82) is 0 Å². The third-order valence-electron chi connectivity index (χ3n) is 5.09. The van der Waals surface area contributed by atoms with Crippen LogP contribution in [0.15, 0.2) is 35.7 Å². The van der Waals surface area contributed by atoms with Crippen LogP contribution >= 0.6 is 22.9 Å². The molecule has 1 saturated heterocycles. The van der Waals surface area contributed by atoms with Crippen LogP contribution in [0.2, 0.25) is 5.02 Å². The Bertz CT molecular complexity index is 988. The minimum Gasteiger partial charge on any atom is -0.376 e. The van der Waals surface area contributed by atoms with Crippen LogP contribution < -0.4 is 5.32 Å². The van der Waals surface area contributed by atoms with E-state index in [-0.39, 0.29) is 5.91 Å². The molecule has 1 atom stereocenters. The van der Waals surface area contributed by atoms with Crippen molar-refractivity contribution in [3.05, 3.63) is 57.7 Å². The summed E-state index contributed by atoms with van der Waals surface area (Å²) in [5, 5.41) is 6.03. The van der Waals surface area contributed by atoms with Gasteiger partial charge in [-0.1, -0.05) is 11.6 Å². The minimum absolute atomic E-state index is 0.193. The quantitative estimate of drug-likeness (QED) is 0.614. The van der Waals surface area contributed by atoms with Gasteiger partial charge in [0.1, 0.15) is 0 Å². The molecule has 3 heterocycles. The average Bonchev–Trinajstić information content (AvgIpc) is 3.40. The first-order valence-corrected chi connectivity index (χ1v) is 10.6. The molecule has 28 heavy (non-hydrogen) atoms. The fourth-order valence-corrected chi connectivity index (χ4v) is 4.39. The molecule has 2 aromatic heterocycles. The molecule has 1 aromatic carbocycles. The third kappa shape index (κ3) is 3.99. The Morgan fingerprint density at radius 1 is 1.36 bits per heavy atom. The Kier molecular flexibility index (Phi) is 5.53. The van der Waals surface area contributed by atoms with Gasteiger partial charge in [0.25, 0.3) is 5.91 Å². The monoisotopic (exact) mass is 415 g/mol. The van der Waals surface area contributed by atoms with Gasteiger partial charge >= 0.3 is 0 Å². The molecule has 146 valence electrons. The van der Waals surface area contributed by atoms with Crippen LogP contribution in [0.3, 0.4) is 0 Å². The molecular formula is C21H22ClN3O2S. The Morgan fingerprint density at radius 3 is 2.86 bits per heavy atom. The number of hydrogen-bond donors (Lipinski definition) is 1. The van der Waals surface area contributed by atoms with Crippen LogP contribution in [-0.2, 0) is 11.3 Å². The summed E-state index contributed by atoms with van der Waals surface area (Å²) in [5.74, 6) is -0.193. The summed E-state index contributed by atoms with van der Waals surface area (Å²) in [5.41, 5.74) is 4.90. The lowest BCUT2D eigenvalue weighted by atomic mass is 10.2. The Balaban J connectivity index is 1.51. The van der Waals surface area contributed by atoms with Crippen molar-refractivity contribution in [3.8, 4) is 11.3 Å². The Hall–Kier alpha value is -2.15. The highest BCUT2D eigenvalue weighted by molar-refractivity contribution is 7.14. The first-order chi connectivity index (χ1) is 13.5. The number of aryl methyl sites for hydroxylation is 1. The SMILES string of the molecule is Cc1cc(-c2csc(NC(=O)c3ccc(Cl)cc3)n2)c(C)n1C[C@@H]1CCCO1. The lowest BCUT2D eigenvalue weighted by Crippen LogP contribution is -2.16. The summed E-state index contributed by atoms with van der Waals surface area (Å²) >= 11 is 7.30. The topological polar surface area (TPSA) is 56.2 Å². The zero-order chi connectivity index (χ0) is 19.7. The van der Waals surface area contributed by atoms with E-state index in [0.717, 1.165) is 37.3 Å². The molecule has 0 radical (unpaired) electrons. The number of hydrogen-bond acceptors (Lipinski definition) is 4. The molecule has 0 saturated carbocycles. The highest BCUT2D eigenvalue weighted by atomic mass is 35.5. The molecule has 0 spiro atoms. The van der Waals surface area contributed by atoms with Gasteiger partial charge in [-0.05, 0) is 57.0 Å². The van der Waals surface area contributed by atoms with Crippen LogP contribution in [0.4, 0.5) is 5.13 Å². The third-order valence-corrected chi connectivity index (χ3v) is 6.10. The second-order valence-electron chi connectivity index (χ2n) is 7.03. The highest BCUT2D eigenvalue weighted by Gasteiger charge is 2.20. The Labute approximate surface area is 173 Å². The van der Waals surface area contributed by atoms with E-state index in [2.05, 4.69) is 34.8 Å². The van der Waals surface area contributed by atoms with Crippen molar-refractivity contribution in [2.24, 2.45) is 0 Å². The predicted octanol–water partition coefficient (Wildman–Crippen LogP) is 5.31. The van der Waals surface area contributed by atoms with Gasteiger partial charge in [-0.3, -0.25) is 10.1 Å². The maximum Gasteiger partial charge on any atom is 0.257 e. The molecule has 5 nitrogen and oxygen atoms in total. The summed E-state index contributed by atoms with van der Waals surface area (Å²) in [6.45, 7) is 5.96. The van der Waals surface area contributed by atoms with E-state index in [9.17, 15) is 4.79 Å². The van der Waals surface area contributed by atoms with Gasteiger partial charge in [0.15, 0.2) is 5.13 Å². The zero-order valence-corrected chi connectivity index (χ0v) is 17.4. The lowest BCUT2D eigenvalue weighted by Gasteiger charge is -2.14. The van der Waals surface area contributed by atoms with Crippen molar-refractivity contribution < 1.29 is 9.53 Å². The lowest BCUT2D eigenvalue weighted by molar-refractivity contribution is 0.0962. The number of anilines is 1. The van der Waals surface area contributed by atoms with Gasteiger partial charge in [-0.25, -0.2) is 4.98 Å². The molecule has 1 amide bonds. The molecule has 4 rings (SSSR count). The van der Waals surface area contributed by atoms with Gasteiger partial charge < -0.3 is 9.30 Å². The molecule has 1 aliphatic heterocycles. The van der Waals surface area contributed by atoms with E-state index in [4.69, 9.17) is 16.3 Å². The normalized spacial score (nSPS) is 16.5. The van der Waals surface area contributed by atoms with Gasteiger partial charge in [0, 0.05) is 46.1 Å².